The van der Waals surface area contributed by atoms with Gasteiger partial charge in [-0.05, 0) is 0 Å². The first-order valence-corrected chi connectivity index (χ1v) is 53.5. The number of aldehydes is 1. The van der Waals surface area contributed by atoms with Crippen LogP contribution in [0.2, 0.25) is 38.3 Å². The van der Waals surface area contributed by atoms with Crippen LogP contribution in [0.5, 0.6) is 0 Å². The van der Waals surface area contributed by atoms with Gasteiger partial charge in [-0.25, -0.2) is 0 Å². The number of nitrogens with zero attached hydrogens (tertiary/aromatic N) is 10. The number of carbonyl (C=O) groups is 1. The van der Waals surface area contributed by atoms with Crippen LogP contribution in [-0.2, 0) is 72.4 Å². The molecule has 0 radical (unpaired) electrons. The van der Waals surface area contributed by atoms with E-state index in [-0.39, 0.29) is 45.5 Å². The number of quaternary nitrogens is 2. The number of ether oxygens (including phenoxy) is 4. The fraction of sp³-hybridized carbons (Fsp3) is 0.548. The van der Waals surface area contributed by atoms with Gasteiger partial charge in [0.15, 0.2) is 0 Å². The van der Waals surface area contributed by atoms with Crippen molar-refractivity contribution in [3.8, 4) is 0 Å². The third kappa shape index (κ3) is 16.5. The topological polar surface area (TPSA) is 355 Å². The van der Waals surface area contributed by atoms with Crippen LogP contribution < -0.4 is 11.0 Å². The van der Waals surface area contributed by atoms with E-state index >= 15 is 0 Å². The van der Waals surface area contributed by atoms with Crippen molar-refractivity contribution in [1.29, 1.82) is 0 Å². The first-order valence-electron chi connectivity index (χ1n) is 38.2. The molecule has 0 saturated carbocycles. The standard InChI is InChI=1S/C73H104N10O19S4Si3/c1-6-7-35-82(36-16-20-52-103(85,86)87,37-17-21-53-104(88,89)90)40-24-56-107(2,3)101-109(102-108(4,5)57-25-41-83(38-18-22-54-105(91,92)93,39-19-23-55-106(94,95)96)42-45-98-47-49-100-51-50-99-48-46-97-44-26-43-84)78-66-58-27-8-9-28-59(58)67(78)75-69-62-31-12-13-32-63(62)71(80(69)109)77-73-65-34-15-14-33-64(65)72(81(73)109)76-70-61-30-11-10-29-60(61)68(74-66)79(70)109/h8-15,27-34,43H,6-7,16-26,35-42,44-57H2,1-5H3,(H2-2,85,86,87,88,89,90,91,92,93,94,95,96)/p+2. The Hall–Kier alpha value is -6.12. The Balaban J connectivity index is 1.02. The Labute approximate surface area is 640 Å². The zero-order valence-corrected chi connectivity index (χ0v) is 69.3. The van der Waals surface area contributed by atoms with Crippen molar-refractivity contribution in [2.75, 3.05) is 128 Å². The molecule has 8 heterocycles. The Morgan fingerprint density at radius 3 is 1.12 bits per heavy atom. The van der Waals surface area contributed by atoms with Crippen LogP contribution in [0.25, 0.3) is 21.5 Å². The van der Waals surface area contributed by atoms with Gasteiger partial charge in [-0.1, -0.05) is 0 Å². The van der Waals surface area contributed by atoms with Crippen LogP contribution >= 0.6 is 0 Å². The number of aromatic nitrogens is 2. The molecule has 1 spiro atoms. The maximum absolute atomic E-state index is 12.3. The summed E-state index contributed by atoms with van der Waals surface area (Å²) in [6.07, 6.45) is 6.34. The quantitative estimate of drug-likeness (QED) is 0.00916. The zero-order valence-electron chi connectivity index (χ0n) is 63.1. The normalized spacial score (nSPS) is 17.2. The fourth-order valence-corrected chi connectivity index (χ4v) is 42.4. The van der Waals surface area contributed by atoms with Crippen LogP contribution in [0.15, 0.2) is 117 Å². The summed E-state index contributed by atoms with van der Waals surface area (Å²) in [4.78, 5) is 34.3. The third-order valence-electron chi connectivity index (χ3n) is 22.3. The van der Waals surface area contributed by atoms with Gasteiger partial charge >= 0.3 is 585 Å². The average molecular weight is 1640 g/mol. The second-order valence-electron chi connectivity index (χ2n) is 31.1. The summed E-state index contributed by atoms with van der Waals surface area (Å²) in [6.45, 7) is 17.7. The van der Waals surface area contributed by atoms with Crippen LogP contribution in [0.1, 0.15) is 113 Å². The van der Waals surface area contributed by atoms with Crippen LogP contribution in [-0.4, -0.2) is 260 Å². The van der Waals surface area contributed by atoms with E-state index in [1.54, 1.807) is 0 Å². The van der Waals surface area contributed by atoms with Crippen molar-refractivity contribution in [3.05, 3.63) is 130 Å². The molecule has 0 aliphatic carbocycles. The second-order valence-corrected chi connectivity index (χ2v) is 51.7. The van der Waals surface area contributed by atoms with E-state index in [9.17, 15) is 64.9 Å². The summed E-state index contributed by atoms with van der Waals surface area (Å²) in [6, 6.07) is 33.7. The molecule has 0 bridgehead atoms. The van der Waals surface area contributed by atoms with E-state index < -0.39 is 87.9 Å². The van der Waals surface area contributed by atoms with Crippen LogP contribution in [0.3, 0.4) is 0 Å². The van der Waals surface area contributed by atoms with E-state index in [0.29, 0.717) is 197 Å². The molecule has 36 heteroatoms. The first-order chi connectivity index (χ1) is 51.8. The Kier molecular flexibility index (Phi) is 24.5. The number of aliphatic imine (C=N–C) groups is 2. The van der Waals surface area contributed by atoms with Crippen molar-refractivity contribution >= 4 is 128 Å². The molecule has 6 aliphatic heterocycles. The number of hydrogen-bond acceptors (Lipinski definition) is 19. The molecule has 0 atom stereocenters. The molecule has 596 valence electrons. The third-order valence-corrected chi connectivity index (χ3v) is 42.2. The minimum absolute atomic E-state index is 0.152. The Bertz CT molecular complexity index is 4970. The average Bonchev–Trinajstić information content (AvgIpc) is 1.47. The molecule has 0 amide bonds. The van der Waals surface area contributed by atoms with Gasteiger partial charge in [0.2, 0.25) is 0 Å². The molecular weight excluding hydrogens is 1530 g/mol. The number of hydrogen-bond donors (Lipinski definition) is 4. The Morgan fingerprint density at radius 2 is 0.743 bits per heavy atom. The minimum atomic E-state index is -7.33. The van der Waals surface area contributed by atoms with Crippen molar-refractivity contribution in [2.45, 2.75) is 129 Å². The zero-order chi connectivity index (χ0) is 77.8. The van der Waals surface area contributed by atoms with Crippen molar-refractivity contribution in [3.63, 3.8) is 0 Å². The second kappa shape index (κ2) is 32.4. The number of unbranched alkanes of at least 4 members (excludes halogenated alkanes) is 5. The van der Waals surface area contributed by atoms with E-state index in [4.69, 9.17) is 38.9 Å². The molecule has 4 N–H and O–H groups in total. The number of carbonyl (C=O) groups excluding carboxylic acids is 1. The molecule has 0 unspecified atom stereocenters. The predicted octanol–water partition coefficient (Wildman–Crippen LogP) is 8.31. The van der Waals surface area contributed by atoms with Gasteiger partial charge in [0, 0.05) is 6.42 Å². The fourth-order valence-electron chi connectivity index (χ4n) is 17.9. The molecular formula is C73H106N10O19S4Si3+2. The molecule has 4 aromatic carbocycles. The maximum atomic E-state index is 12.3. The summed E-state index contributed by atoms with van der Waals surface area (Å²) in [7, 11) is -31.7. The Morgan fingerprint density at radius 1 is 0.413 bits per heavy atom. The summed E-state index contributed by atoms with van der Waals surface area (Å²) in [5.74, 6) is 1.67. The van der Waals surface area contributed by atoms with Gasteiger partial charge in [-0.2, -0.15) is 0 Å². The summed E-state index contributed by atoms with van der Waals surface area (Å²) >= 11 is 0. The molecule has 2 aromatic heterocycles. The van der Waals surface area contributed by atoms with Crippen LogP contribution in [0.4, 0.5) is 11.6 Å². The van der Waals surface area contributed by atoms with Gasteiger partial charge in [-0.3, -0.25) is 0 Å². The molecule has 109 heavy (non-hydrogen) atoms. The number of rotatable bonds is 50. The summed E-state index contributed by atoms with van der Waals surface area (Å²) in [5, 5.41) is 3.21. The van der Waals surface area contributed by atoms with Crippen LogP contribution in [0, 0.1) is 0 Å². The van der Waals surface area contributed by atoms with E-state index in [1.807, 2.05) is 48.5 Å². The monoisotopic (exact) mass is 1640 g/mol. The first kappa shape index (κ1) is 82.3. The van der Waals surface area contributed by atoms with Crippen molar-refractivity contribution in [2.24, 2.45) is 20.0 Å². The van der Waals surface area contributed by atoms with E-state index in [1.165, 1.54) is 0 Å². The molecule has 6 aromatic rings. The summed E-state index contributed by atoms with van der Waals surface area (Å²) < 4.78 is 190. The molecule has 29 nitrogen and oxygen atoms in total. The SMILES string of the molecule is CCCC[N+](CCCCS(=O)(=O)O)(CCCCS(=O)(=O)O)CCC[Si](C)(C)O[Si-2]123(O[Si](C)(C)CCC[N+](CCCCS(=O)(=O)O)(CCCCS(=O)(=O)O)CCOCCOCCOCCOCCC=O)n4c5c6ccccc6c4N=C4c6ccccc6C(=[N+]41)N=c1c4ccccc4c(n12)=NC1=[N+]3C(=N5)c2ccccc21. The predicted molar refractivity (Wildman–Crippen MR) is 424 cm³/mol. The van der Waals surface area contributed by atoms with Crippen molar-refractivity contribution in [1.82, 2.24) is 8.47 Å². The molecule has 12 rings (SSSR count). The van der Waals surface area contributed by atoms with Gasteiger partial charge in [0.25, 0.3) is 0 Å². The number of benzene rings is 4. The van der Waals surface area contributed by atoms with Gasteiger partial charge in [0.05, 0.1) is 33.0 Å². The van der Waals surface area contributed by atoms with Gasteiger partial charge in [0.1, 0.15) is 6.29 Å². The molecule has 0 fully saturated rings. The van der Waals surface area contributed by atoms with Crippen molar-refractivity contribution < 1.29 is 101 Å². The van der Waals surface area contributed by atoms with E-state index in [0.717, 1.165) is 62.9 Å². The van der Waals surface area contributed by atoms with Gasteiger partial charge < -0.3 is 14.3 Å². The summed E-state index contributed by atoms with van der Waals surface area (Å²) in [5.41, 5.74) is 4.33. The molecule has 0 saturated heterocycles. The van der Waals surface area contributed by atoms with Gasteiger partial charge in [-0.15, -0.1) is 0 Å². The van der Waals surface area contributed by atoms with E-state index in [2.05, 4.69) is 98.6 Å². The number of amidine groups is 4. The number of fused-ring (bicyclic) bond motifs is 12. The molecule has 6 aliphatic rings.